The molecular weight excluding hydrogens is 816 g/mol. The van der Waals surface area contributed by atoms with Gasteiger partial charge in [0.1, 0.15) is 13.2 Å². The molecular formula is C55H101N2O6P. The number of carbonyl (C=O) groups is 1. The van der Waals surface area contributed by atoms with Gasteiger partial charge in [-0.15, -0.1) is 0 Å². The first-order chi connectivity index (χ1) is 31.0. The number of phosphoric acid groups is 1. The molecule has 0 fully saturated rings. The third-order valence-electron chi connectivity index (χ3n) is 11.5. The summed E-state index contributed by atoms with van der Waals surface area (Å²) in [6.45, 7) is 4.43. The van der Waals surface area contributed by atoms with E-state index in [1.54, 1.807) is 0 Å². The predicted molar refractivity (Wildman–Crippen MR) is 274 cm³/mol. The fourth-order valence-electron chi connectivity index (χ4n) is 7.34. The second kappa shape index (κ2) is 46.1. The Morgan fingerprint density at radius 3 is 1.36 bits per heavy atom. The smallest absolute Gasteiger partial charge is 0.268 e. The van der Waals surface area contributed by atoms with Crippen LogP contribution in [0.15, 0.2) is 72.9 Å². The van der Waals surface area contributed by atoms with Crippen LogP contribution in [0.2, 0.25) is 0 Å². The number of unbranched alkanes of at least 4 members (excludes halogenated alkanes) is 22. The molecule has 8 nitrogen and oxygen atoms in total. The Morgan fingerprint density at radius 1 is 0.562 bits per heavy atom. The maximum atomic E-state index is 12.7. The van der Waals surface area contributed by atoms with Crippen LogP contribution in [0.1, 0.15) is 219 Å². The van der Waals surface area contributed by atoms with Crippen LogP contribution < -0.4 is 10.2 Å². The number of hydrogen-bond acceptors (Lipinski definition) is 6. The SMILES string of the molecule is CC/C=C\C/C=C\C/C=C\C/C=C\C/C=C\C/C=C\CCCCCCCCCCCCCCCCCCCCCCC(=O)NC(COP(=O)([O-])OCC[N+](C)(C)C)C(O)CCCCC. The summed E-state index contributed by atoms with van der Waals surface area (Å²) in [5.41, 5.74) is 0. The minimum Gasteiger partial charge on any atom is -0.756 e. The highest BCUT2D eigenvalue weighted by Gasteiger charge is 2.24. The number of allylic oxidation sites excluding steroid dienone is 12. The Bertz CT molecular complexity index is 1270. The first-order valence-electron chi connectivity index (χ1n) is 26.3. The Labute approximate surface area is 395 Å². The molecule has 0 aromatic heterocycles. The molecule has 3 atom stereocenters. The van der Waals surface area contributed by atoms with Gasteiger partial charge in [-0.05, 0) is 64.2 Å². The second-order valence-corrected chi connectivity index (χ2v) is 20.3. The molecule has 0 radical (unpaired) electrons. The number of phosphoric ester groups is 1. The van der Waals surface area contributed by atoms with Crippen molar-refractivity contribution in [1.29, 1.82) is 0 Å². The summed E-state index contributed by atoms with van der Waals surface area (Å²) in [5, 5.41) is 13.6. The van der Waals surface area contributed by atoms with Crippen molar-refractivity contribution in [2.45, 2.75) is 231 Å². The third-order valence-corrected chi connectivity index (χ3v) is 12.4. The number of nitrogens with one attached hydrogen (secondary N) is 1. The van der Waals surface area contributed by atoms with Crippen LogP contribution in [0.3, 0.4) is 0 Å². The maximum absolute atomic E-state index is 12.7. The highest BCUT2D eigenvalue weighted by Crippen LogP contribution is 2.38. The van der Waals surface area contributed by atoms with Crippen LogP contribution in [0.5, 0.6) is 0 Å². The Kier molecular flexibility index (Phi) is 44.6. The lowest BCUT2D eigenvalue weighted by atomic mass is 10.0. The van der Waals surface area contributed by atoms with E-state index in [4.69, 9.17) is 9.05 Å². The number of likely N-dealkylation sites (N-methyl/N-ethyl adjacent to an activating group) is 1. The molecule has 0 spiro atoms. The fourth-order valence-corrected chi connectivity index (χ4v) is 8.06. The Hall–Kier alpha value is -2.06. The molecule has 372 valence electrons. The Morgan fingerprint density at radius 2 is 0.953 bits per heavy atom. The number of quaternary nitrogens is 1. The van der Waals surface area contributed by atoms with E-state index in [2.05, 4.69) is 92.1 Å². The van der Waals surface area contributed by atoms with Crippen molar-refractivity contribution in [3.63, 3.8) is 0 Å². The third kappa shape index (κ3) is 47.9. The molecule has 0 aliphatic carbocycles. The van der Waals surface area contributed by atoms with Crippen molar-refractivity contribution in [2.24, 2.45) is 0 Å². The van der Waals surface area contributed by atoms with E-state index >= 15 is 0 Å². The zero-order valence-corrected chi connectivity index (χ0v) is 43.1. The molecule has 9 heteroatoms. The molecule has 0 saturated heterocycles. The van der Waals surface area contributed by atoms with Crippen molar-refractivity contribution in [3.8, 4) is 0 Å². The van der Waals surface area contributed by atoms with Crippen molar-refractivity contribution in [3.05, 3.63) is 72.9 Å². The van der Waals surface area contributed by atoms with Gasteiger partial charge in [0.25, 0.3) is 7.82 Å². The van der Waals surface area contributed by atoms with Gasteiger partial charge in [-0.1, -0.05) is 222 Å². The average Bonchev–Trinajstić information content (AvgIpc) is 3.25. The lowest BCUT2D eigenvalue weighted by molar-refractivity contribution is -0.870. The maximum Gasteiger partial charge on any atom is 0.268 e. The topological polar surface area (TPSA) is 108 Å². The number of rotatable bonds is 47. The summed E-state index contributed by atoms with van der Waals surface area (Å²) in [4.78, 5) is 25.0. The van der Waals surface area contributed by atoms with Crippen LogP contribution in [0.4, 0.5) is 0 Å². The molecule has 0 aliphatic rings. The molecule has 0 rings (SSSR count). The number of aliphatic hydroxyl groups excluding tert-OH is 1. The van der Waals surface area contributed by atoms with E-state index in [1.807, 2.05) is 21.1 Å². The van der Waals surface area contributed by atoms with E-state index in [-0.39, 0.29) is 19.1 Å². The van der Waals surface area contributed by atoms with E-state index in [9.17, 15) is 19.4 Å². The van der Waals surface area contributed by atoms with Gasteiger partial charge in [0.15, 0.2) is 0 Å². The molecule has 0 bridgehead atoms. The number of nitrogens with zero attached hydrogens (tertiary/aromatic N) is 1. The summed E-state index contributed by atoms with van der Waals surface area (Å²) in [5.74, 6) is -0.176. The van der Waals surface area contributed by atoms with Crippen molar-refractivity contribution in [2.75, 3.05) is 40.9 Å². The first kappa shape index (κ1) is 61.9. The molecule has 1 amide bonds. The van der Waals surface area contributed by atoms with Gasteiger partial charge >= 0.3 is 0 Å². The van der Waals surface area contributed by atoms with Crippen molar-refractivity contribution in [1.82, 2.24) is 5.32 Å². The summed E-state index contributed by atoms with van der Waals surface area (Å²) >= 11 is 0. The molecule has 0 aliphatic heterocycles. The zero-order chi connectivity index (χ0) is 47.1. The standard InChI is InChI=1S/C55H101N2O6P/c1-6-8-10-11-12-13-14-15-16-17-18-19-20-21-22-23-24-25-26-27-28-29-30-31-32-33-34-35-36-37-38-39-40-41-42-43-44-45-47-49-55(59)56-53(54(58)48-46-9-7-2)52-63-64(60,61)62-51-50-57(3,4)5/h8,10,12-13,15-16,18-19,21-22,24-25,53-54,58H,6-7,9,11,14,17,20,23,26-52H2,1-5H3,(H-,56,59,60,61)/b10-8-,13-12-,16-15-,19-18-,22-21-,25-24-. The lowest BCUT2D eigenvalue weighted by Gasteiger charge is -2.30. The number of aliphatic hydroxyl groups is 1. The normalized spacial score (nSPS) is 14.7. The van der Waals surface area contributed by atoms with Gasteiger partial charge in [-0.3, -0.25) is 9.36 Å². The monoisotopic (exact) mass is 917 g/mol. The van der Waals surface area contributed by atoms with Gasteiger partial charge in [0.05, 0.1) is 39.9 Å². The minimum atomic E-state index is -4.54. The van der Waals surface area contributed by atoms with Crippen LogP contribution in [-0.4, -0.2) is 68.5 Å². The highest BCUT2D eigenvalue weighted by molar-refractivity contribution is 7.45. The number of carbonyl (C=O) groups excluding carboxylic acids is 1. The molecule has 2 N–H and O–H groups in total. The molecule has 3 unspecified atom stereocenters. The van der Waals surface area contributed by atoms with Crippen LogP contribution in [0, 0.1) is 0 Å². The van der Waals surface area contributed by atoms with Crippen LogP contribution >= 0.6 is 7.82 Å². The van der Waals surface area contributed by atoms with Crippen LogP contribution in [0.25, 0.3) is 0 Å². The van der Waals surface area contributed by atoms with E-state index < -0.39 is 20.0 Å². The lowest BCUT2D eigenvalue weighted by Crippen LogP contribution is -2.46. The summed E-state index contributed by atoms with van der Waals surface area (Å²) in [6, 6.07) is -0.796. The Balaban J connectivity index is 3.67. The minimum absolute atomic E-state index is 0.00987. The van der Waals surface area contributed by atoms with E-state index in [0.717, 1.165) is 77.0 Å². The van der Waals surface area contributed by atoms with Crippen molar-refractivity contribution >= 4 is 13.7 Å². The predicted octanol–water partition coefficient (Wildman–Crippen LogP) is 14.9. The van der Waals surface area contributed by atoms with Gasteiger partial charge in [0, 0.05) is 6.42 Å². The summed E-state index contributed by atoms with van der Waals surface area (Å²) in [6.07, 6.45) is 63.3. The number of amides is 1. The van der Waals surface area contributed by atoms with Gasteiger partial charge in [-0.25, -0.2) is 0 Å². The van der Waals surface area contributed by atoms with Gasteiger partial charge in [0.2, 0.25) is 5.91 Å². The molecule has 0 heterocycles. The summed E-state index contributed by atoms with van der Waals surface area (Å²) in [7, 11) is 1.30. The zero-order valence-electron chi connectivity index (χ0n) is 42.2. The fraction of sp³-hybridized carbons (Fsp3) is 0.764. The number of hydrogen-bond donors (Lipinski definition) is 2. The van der Waals surface area contributed by atoms with Gasteiger partial charge in [-0.2, -0.15) is 0 Å². The molecule has 0 aromatic rings. The first-order valence-corrected chi connectivity index (χ1v) is 27.7. The summed E-state index contributed by atoms with van der Waals surface area (Å²) < 4.78 is 23.0. The second-order valence-electron chi connectivity index (χ2n) is 18.9. The average molecular weight is 917 g/mol. The van der Waals surface area contributed by atoms with E-state index in [1.165, 1.54) is 116 Å². The molecule has 64 heavy (non-hydrogen) atoms. The van der Waals surface area contributed by atoms with Crippen molar-refractivity contribution < 1.29 is 32.9 Å². The van der Waals surface area contributed by atoms with Crippen LogP contribution in [-0.2, 0) is 18.4 Å². The van der Waals surface area contributed by atoms with Gasteiger partial charge < -0.3 is 28.8 Å². The highest BCUT2D eigenvalue weighted by atomic mass is 31.2. The molecule has 0 aromatic carbocycles. The largest absolute Gasteiger partial charge is 0.756 e. The molecule has 0 saturated carbocycles. The quantitative estimate of drug-likeness (QED) is 0.0272. The van der Waals surface area contributed by atoms with E-state index in [0.29, 0.717) is 23.9 Å².